The molecule has 8 heteroatoms. The van der Waals surface area contributed by atoms with Gasteiger partial charge in [0.25, 0.3) is 0 Å². The van der Waals surface area contributed by atoms with Crippen LogP contribution in [0, 0.1) is 0 Å². The van der Waals surface area contributed by atoms with Crippen LogP contribution >= 0.6 is 0 Å². The van der Waals surface area contributed by atoms with E-state index in [0.717, 1.165) is 29.9 Å². The molecule has 128 valence electrons. The van der Waals surface area contributed by atoms with Gasteiger partial charge < -0.3 is 10.0 Å². The summed E-state index contributed by atoms with van der Waals surface area (Å²) in [5.74, 6) is -1.00. The van der Waals surface area contributed by atoms with Crippen molar-refractivity contribution in [1.82, 2.24) is 14.7 Å². The summed E-state index contributed by atoms with van der Waals surface area (Å²) in [6.07, 6.45) is -3.73. The van der Waals surface area contributed by atoms with Gasteiger partial charge in [0.05, 0.1) is 11.3 Å². The highest BCUT2D eigenvalue weighted by molar-refractivity contribution is 5.68. The first-order valence-corrected chi connectivity index (χ1v) is 7.42. The fourth-order valence-electron chi connectivity index (χ4n) is 2.93. The van der Waals surface area contributed by atoms with Gasteiger partial charge in [0.2, 0.25) is 0 Å². The van der Waals surface area contributed by atoms with Gasteiger partial charge in [-0.3, -0.25) is 9.48 Å². The van der Waals surface area contributed by atoms with Crippen molar-refractivity contribution >= 4 is 5.97 Å². The summed E-state index contributed by atoms with van der Waals surface area (Å²) in [4.78, 5) is 13.1. The number of aromatic nitrogens is 2. The zero-order chi connectivity index (χ0) is 17.5. The molecule has 1 aromatic carbocycles. The maximum absolute atomic E-state index is 12.7. The van der Waals surface area contributed by atoms with Gasteiger partial charge in [-0.25, -0.2) is 0 Å². The average Bonchev–Trinajstić information content (AvgIpc) is 2.83. The van der Waals surface area contributed by atoms with E-state index in [1.807, 2.05) is 7.05 Å². The fraction of sp³-hybridized carbons (Fsp3) is 0.375. The number of aliphatic carboxylic acids is 1. The van der Waals surface area contributed by atoms with E-state index in [1.165, 1.54) is 16.8 Å². The second kappa shape index (κ2) is 5.94. The third-order valence-electron chi connectivity index (χ3n) is 4.10. The van der Waals surface area contributed by atoms with Crippen molar-refractivity contribution in [2.24, 2.45) is 0 Å². The summed E-state index contributed by atoms with van der Waals surface area (Å²) in [7, 11) is 1.94. The number of benzene rings is 1. The predicted octanol–water partition coefficient (Wildman–Crippen LogP) is 2.64. The number of alkyl halides is 3. The van der Waals surface area contributed by atoms with Crippen molar-refractivity contribution in [3.8, 4) is 11.3 Å². The molecule has 0 spiro atoms. The van der Waals surface area contributed by atoms with Crippen LogP contribution in [-0.2, 0) is 30.5 Å². The SMILES string of the molecule is CN1CCc2c(c(-c3ccc(C(F)(F)F)cc3)nn2CC(=O)O)C1. The molecule has 0 amide bonds. The Morgan fingerprint density at radius 2 is 1.96 bits per heavy atom. The first-order chi connectivity index (χ1) is 11.3. The molecule has 0 bridgehead atoms. The van der Waals surface area contributed by atoms with Crippen LogP contribution in [0.25, 0.3) is 11.3 Å². The Morgan fingerprint density at radius 1 is 1.29 bits per heavy atom. The second-order valence-corrected chi connectivity index (χ2v) is 5.89. The second-order valence-electron chi connectivity index (χ2n) is 5.89. The van der Waals surface area contributed by atoms with E-state index in [0.29, 0.717) is 24.2 Å². The number of nitrogens with zero attached hydrogens (tertiary/aromatic N) is 3. The molecule has 0 unspecified atom stereocenters. The van der Waals surface area contributed by atoms with Gasteiger partial charge in [0.15, 0.2) is 0 Å². The molecule has 1 aliphatic heterocycles. The maximum atomic E-state index is 12.7. The zero-order valence-corrected chi connectivity index (χ0v) is 13.0. The highest BCUT2D eigenvalue weighted by Crippen LogP contribution is 2.33. The molecule has 0 saturated heterocycles. The number of carboxylic acid groups (broad SMARTS) is 1. The van der Waals surface area contributed by atoms with Crippen LogP contribution in [0.3, 0.4) is 0 Å². The van der Waals surface area contributed by atoms with Crippen LogP contribution in [0.2, 0.25) is 0 Å². The van der Waals surface area contributed by atoms with Gasteiger partial charge >= 0.3 is 12.1 Å². The molecule has 0 saturated carbocycles. The van der Waals surface area contributed by atoms with E-state index in [9.17, 15) is 18.0 Å². The van der Waals surface area contributed by atoms with Crippen molar-refractivity contribution in [2.75, 3.05) is 13.6 Å². The van der Waals surface area contributed by atoms with Gasteiger partial charge in [-0.2, -0.15) is 18.3 Å². The molecule has 2 heterocycles. The summed E-state index contributed by atoms with van der Waals surface area (Å²) in [6, 6.07) is 4.80. The van der Waals surface area contributed by atoms with Crippen LogP contribution in [0.15, 0.2) is 24.3 Å². The molecular formula is C16H16F3N3O2. The smallest absolute Gasteiger partial charge is 0.416 e. The van der Waals surface area contributed by atoms with E-state index in [2.05, 4.69) is 10.00 Å². The Balaban J connectivity index is 2.04. The predicted molar refractivity (Wildman–Crippen MR) is 80.3 cm³/mol. The first kappa shape index (κ1) is 16.5. The first-order valence-electron chi connectivity index (χ1n) is 7.42. The number of carbonyl (C=O) groups is 1. The third-order valence-corrected chi connectivity index (χ3v) is 4.10. The average molecular weight is 339 g/mol. The number of hydrogen-bond acceptors (Lipinski definition) is 3. The molecule has 2 aromatic rings. The van der Waals surface area contributed by atoms with E-state index in [4.69, 9.17) is 5.11 Å². The summed E-state index contributed by atoms with van der Waals surface area (Å²) < 4.78 is 39.5. The number of fused-ring (bicyclic) bond motifs is 1. The van der Waals surface area contributed by atoms with Crippen molar-refractivity contribution in [2.45, 2.75) is 25.7 Å². The number of likely N-dealkylation sites (N-methyl/N-ethyl adjacent to an activating group) is 1. The van der Waals surface area contributed by atoms with Crippen molar-refractivity contribution < 1.29 is 23.1 Å². The molecule has 1 aromatic heterocycles. The monoisotopic (exact) mass is 339 g/mol. The topological polar surface area (TPSA) is 58.4 Å². The molecule has 3 rings (SSSR count). The van der Waals surface area contributed by atoms with Gasteiger partial charge in [0, 0.05) is 36.3 Å². The van der Waals surface area contributed by atoms with E-state index in [-0.39, 0.29) is 6.54 Å². The minimum absolute atomic E-state index is 0.257. The largest absolute Gasteiger partial charge is 0.480 e. The normalized spacial score (nSPS) is 15.3. The van der Waals surface area contributed by atoms with Crippen LogP contribution in [0.5, 0.6) is 0 Å². The minimum atomic E-state index is -4.39. The zero-order valence-electron chi connectivity index (χ0n) is 13.0. The van der Waals surface area contributed by atoms with E-state index in [1.54, 1.807) is 0 Å². The molecule has 5 nitrogen and oxygen atoms in total. The van der Waals surface area contributed by atoms with Gasteiger partial charge in [-0.15, -0.1) is 0 Å². The standard InChI is InChI=1S/C16H16F3N3O2/c1-21-7-6-13-12(8-21)15(20-22(13)9-14(23)24)10-2-4-11(5-3-10)16(17,18)19/h2-5H,6-9H2,1H3,(H,23,24). The van der Waals surface area contributed by atoms with Gasteiger partial charge in [-0.05, 0) is 19.2 Å². The lowest BCUT2D eigenvalue weighted by Gasteiger charge is -2.23. The molecule has 1 aliphatic rings. The van der Waals surface area contributed by atoms with Crippen LogP contribution < -0.4 is 0 Å². The third kappa shape index (κ3) is 3.14. The quantitative estimate of drug-likeness (QED) is 0.934. The van der Waals surface area contributed by atoms with Gasteiger partial charge in [0.1, 0.15) is 6.54 Å². The van der Waals surface area contributed by atoms with Crippen LogP contribution in [-0.4, -0.2) is 39.3 Å². The lowest BCUT2D eigenvalue weighted by atomic mass is 10.0. The Hall–Kier alpha value is -2.35. The Morgan fingerprint density at radius 3 is 2.54 bits per heavy atom. The summed E-state index contributed by atoms with van der Waals surface area (Å²) in [6.45, 7) is 1.11. The van der Waals surface area contributed by atoms with Crippen molar-refractivity contribution in [3.63, 3.8) is 0 Å². The number of halogens is 3. The van der Waals surface area contributed by atoms with Crippen molar-refractivity contribution in [1.29, 1.82) is 0 Å². The van der Waals surface area contributed by atoms with E-state index >= 15 is 0 Å². The molecule has 0 fully saturated rings. The highest BCUT2D eigenvalue weighted by atomic mass is 19.4. The number of carboxylic acids is 1. The molecule has 0 aliphatic carbocycles. The minimum Gasteiger partial charge on any atom is -0.480 e. The van der Waals surface area contributed by atoms with E-state index < -0.39 is 17.7 Å². The molecule has 0 radical (unpaired) electrons. The molecule has 24 heavy (non-hydrogen) atoms. The molecular weight excluding hydrogens is 323 g/mol. The Labute approximate surface area is 136 Å². The lowest BCUT2D eigenvalue weighted by Crippen LogP contribution is -2.28. The highest BCUT2D eigenvalue weighted by Gasteiger charge is 2.30. The van der Waals surface area contributed by atoms with Crippen LogP contribution in [0.1, 0.15) is 16.8 Å². The molecule has 0 atom stereocenters. The maximum Gasteiger partial charge on any atom is 0.416 e. The van der Waals surface area contributed by atoms with Crippen molar-refractivity contribution in [3.05, 3.63) is 41.1 Å². The summed E-state index contributed by atoms with van der Waals surface area (Å²) in [5, 5.41) is 13.4. The number of hydrogen-bond donors (Lipinski definition) is 1. The van der Waals surface area contributed by atoms with Crippen LogP contribution in [0.4, 0.5) is 13.2 Å². The Kier molecular flexibility index (Phi) is 4.08. The fourth-order valence-corrected chi connectivity index (χ4v) is 2.93. The lowest BCUT2D eigenvalue weighted by molar-refractivity contribution is -0.138. The summed E-state index contributed by atoms with van der Waals surface area (Å²) >= 11 is 0. The molecule has 1 N–H and O–H groups in total. The Bertz CT molecular complexity index is 766. The summed E-state index contributed by atoms with van der Waals surface area (Å²) in [5.41, 5.74) is 2.10. The van der Waals surface area contributed by atoms with Gasteiger partial charge in [-0.1, -0.05) is 12.1 Å². The number of rotatable bonds is 3.